The fourth-order valence-electron chi connectivity index (χ4n) is 1.63. The standard InChI is InChI=1S/C11H12ClN3S/c1-3-15(11-10(12)13-16-14-11)9-7-5-4-6-8(9)2/h4-7H,3H2,1-2H3. The highest BCUT2D eigenvalue weighted by molar-refractivity contribution is 6.99. The van der Waals surface area contributed by atoms with Gasteiger partial charge in [-0.2, -0.15) is 8.75 Å². The molecule has 1 aromatic carbocycles. The van der Waals surface area contributed by atoms with E-state index in [-0.39, 0.29) is 0 Å². The number of aromatic nitrogens is 2. The first-order chi connectivity index (χ1) is 7.74. The predicted octanol–water partition coefficient (Wildman–Crippen LogP) is 3.66. The number of anilines is 2. The first-order valence-corrected chi connectivity index (χ1v) is 6.16. The average Bonchev–Trinajstić information content (AvgIpc) is 2.69. The van der Waals surface area contributed by atoms with E-state index in [4.69, 9.17) is 11.6 Å². The summed E-state index contributed by atoms with van der Waals surface area (Å²) in [5, 5.41) is 0.468. The quantitative estimate of drug-likeness (QED) is 0.836. The molecule has 0 amide bonds. The molecule has 2 aromatic rings. The Bertz CT molecular complexity index is 484. The van der Waals surface area contributed by atoms with Crippen molar-refractivity contribution in [3.05, 3.63) is 35.0 Å². The van der Waals surface area contributed by atoms with E-state index in [1.165, 1.54) is 5.56 Å². The van der Waals surface area contributed by atoms with Gasteiger partial charge in [0.15, 0.2) is 11.0 Å². The third-order valence-electron chi connectivity index (χ3n) is 2.41. The van der Waals surface area contributed by atoms with Crippen LogP contribution in [0.25, 0.3) is 0 Å². The zero-order valence-corrected chi connectivity index (χ0v) is 10.7. The summed E-state index contributed by atoms with van der Waals surface area (Å²) in [5.41, 5.74) is 2.33. The van der Waals surface area contributed by atoms with Crippen molar-refractivity contribution < 1.29 is 0 Å². The molecule has 3 nitrogen and oxygen atoms in total. The molecule has 0 saturated heterocycles. The summed E-state index contributed by atoms with van der Waals surface area (Å²) in [6.45, 7) is 4.96. The maximum Gasteiger partial charge on any atom is 0.187 e. The van der Waals surface area contributed by atoms with Crippen molar-refractivity contribution in [3.8, 4) is 0 Å². The van der Waals surface area contributed by atoms with Gasteiger partial charge < -0.3 is 4.90 Å². The SMILES string of the molecule is CCN(c1ccccc1C)c1nsnc1Cl. The van der Waals surface area contributed by atoms with E-state index in [9.17, 15) is 0 Å². The van der Waals surface area contributed by atoms with Crippen LogP contribution in [-0.2, 0) is 0 Å². The Balaban J connectivity index is 2.45. The molecule has 0 fully saturated rings. The number of hydrogen-bond donors (Lipinski definition) is 0. The van der Waals surface area contributed by atoms with Crippen molar-refractivity contribution in [2.24, 2.45) is 0 Å². The molecule has 0 spiro atoms. The number of hydrogen-bond acceptors (Lipinski definition) is 4. The number of aryl methyl sites for hydroxylation is 1. The number of para-hydroxylation sites is 1. The van der Waals surface area contributed by atoms with E-state index in [0.29, 0.717) is 5.15 Å². The Morgan fingerprint density at radius 2 is 2.06 bits per heavy atom. The van der Waals surface area contributed by atoms with Crippen molar-refractivity contribution in [1.29, 1.82) is 0 Å². The summed E-state index contributed by atoms with van der Waals surface area (Å²) in [6, 6.07) is 8.17. The van der Waals surface area contributed by atoms with Gasteiger partial charge in [0.2, 0.25) is 0 Å². The van der Waals surface area contributed by atoms with Crippen LogP contribution in [0.3, 0.4) is 0 Å². The Labute approximate surface area is 104 Å². The Hall–Kier alpha value is -1.13. The van der Waals surface area contributed by atoms with Gasteiger partial charge in [-0.1, -0.05) is 29.8 Å². The van der Waals surface area contributed by atoms with Crippen LogP contribution in [0.15, 0.2) is 24.3 Å². The van der Waals surface area contributed by atoms with E-state index in [1.807, 2.05) is 12.1 Å². The summed E-state index contributed by atoms with van der Waals surface area (Å²) < 4.78 is 8.22. The van der Waals surface area contributed by atoms with Gasteiger partial charge in [-0.05, 0) is 25.5 Å². The Morgan fingerprint density at radius 3 is 2.62 bits per heavy atom. The minimum Gasteiger partial charge on any atom is -0.323 e. The van der Waals surface area contributed by atoms with Crippen LogP contribution in [0.4, 0.5) is 11.5 Å². The molecular formula is C11H12ClN3S. The molecule has 0 bridgehead atoms. The maximum absolute atomic E-state index is 6.01. The van der Waals surface area contributed by atoms with E-state index in [0.717, 1.165) is 29.8 Å². The number of halogens is 1. The fourth-order valence-corrected chi connectivity index (χ4v) is 2.38. The molecule has 1 heterocycles. The van der Waals surface area contributed by atoms with Gasteiger partial charge in [-0.15, -0.1) is 0 Å². The molecule has 84 valence electrons. The monoisotopic (exact) mass is 253 g/mol. The lowest BCUT2D eigenvalue weighted by Crippen LogP contribution is -2.17. The Kier molecular flexibility index (Phi) is 3.41. The van der Waals surface area contributed by atoms with Crippen LogP contribution in [0.1, 0.15) is 12.5 Å². The number of nitrogens with zero attached hydrogens (tertiary/aromatic N) is 3. The van der Waals surface area contributed by atoms with Crippen molar-refractivity contribution in [2.75, 3.05) is 11.4 Å². The summed E-state index contributed by atoms with van der Waals surface area (Å²) in [5.74, 6) is 0.739. The van der Waals surface area contributed by atoms with Crippen LogP contribution in [0.2, 0.25) is 5.15 Å². The highest BCUT2D eigenvalue weighted by atomic mass is 35.5. The lowest BCUT2D eigenvalue weighted by Gasteiger charge is -2.22. The topological polar surface area (TPSA) is 29.0 Å². The normalized spacial score (nSPS) is 10.4. The molecule has 1 aromatic heterocycles. The van der Waals surface area contributed by atoms with Gasteiger partial charge in [0, 0.05) is 12.2 Å². The van der Waals surface area contributed by atoms with E-state index in [2.05, 4.69) is 39.6 Å². The van der Waals surface area contributed by atoms with Crippen molar-refractivity contribution >= 4 is 34.8 Å². The summed E-state index contributed by atoms with van der Waals surface area (Å²) in [6.07, 6.45) is 0. The smallest absolute Gasteiger partial charge is 0.187 e. The van der Waals surface area contributed by atoms with Crippen LogP contribution in [0, 0.1) is 6.92 Å². The van der Waals surface area contributed by atoms with Gasteiger partial charge in [0.05, 0.1) is 11.7 Å². The second-order valence-electron chi connectivity index (χ2n) is 3.41. The molecular weight excluding hydrogens is 242 g/mol. The minimum atomic E-state index is 0.468. The van der Waals surface area contributed by atoms with E-state index >= 15 is 0 Å². The highest BCUT2D eigenvalue weighted by Crippen LogP contribution is 2.31. The lowest BCUT2D eigenvalue weighted by molar-refractivity contribution is 0.997. The maximum atomic E-state index is 6.01. The predicted molar refractivity (Wildman–Crippen MR) is 68.8 cm³/mol. The largest absolute Gasteiger partial charge is 0.323 e. The van der Waals surface area contributed by atoms with E-state index in [1.54, 1.807) is 0 Å². The molecule has 0 radical (unpaired) electrons. The van der Waals surface area contributed by atoms with Crippen molar-refractivity contribution in [1.82, 2.24) is 8.75 Å². The van der Waals surface area contributed by atoms with Crippen molar-refractivity contribution in [2.45, 2.75) is 13.8 Å². The zero-order valence-electron chi connectivity index (χ0n) is 9.14. The molecule has 5 heteroatoms. The molecule has 16 heavy (non-hydrogen) atoms. The summed E-state index contributed by atoms with van der Waals surface area (Å²) >= 11 is 7.15. The average molecular weight is 254 g/mol. The van der Waals surface area contributed by atoms with Gasteiger partial charge in [-0.3, -0.25) is 0 Å². The van der Waals surface area contributed by atoms with Crippen LogP contribution >= 0.6 is 23.3 Å². The van der Waals surface area contributed by atoms with Crippen LogP contribution in [-0.4, -0.2) is 15.3 Å². The Morgan fingerprint density at radius 1 is 1.31 bits per heavy atom. The third-order valence-corrected chi connectivity index (χ3v) is 3.28. The van der Waals surface area contributed by atoms with Gasteiger partial charge in [0.25, 0.3) is 0 Å². The van der Waals surface area contributed by atoms with E-state index < -0.39 is 0 Å². The molecule has 2 rings (SSSR count). The second kappa shape index (κ2) is 4.80. The number of rotatable bonds is 3. The zero-order chi connectivity index (χ0) is 11.5. The highest BCUT2D eigenvalue weighted by Gasteiger charge is 2.15. The van der Waals surface area contributed by atoms with Crippen LogP contribution < -0.4 is 4.90 Å². The minimum absolute atomic E-state index is 0.468. The summed E-state index contributed by atoms with van der Waals surface area (Å²) in [4.78, 5) is 2.07. The molecule has 0 atom stereocenters. The second-order valence-corrected chi connectivity index (χ2v) is 4.30. The third kappa shape index (κ3) is 2.03. The molecule has 0 aliphatic rings. The first kappa shape index (κ1) is 11.4. The number of benzene rings is 1. The fraction of sp³-hybridized carbons (Fsp3) is 0.273. The van der Waals surface area contributed by atoms with Gasteiger partial charge in [-0.25, -0.2) is 0 Å². The lowest BCUT2D eigenvalue weighted by atomic mass is 10.2. The molecule has 0 saturated carbocycles. The summed E-state index contributed by atoms with van der Waals surface area (Å²) in [7, 11) is 0. The van der Waals surface area contributed by atoms with Gasteiger partial charge in [0.1, 0.15) is 0 Å². The van der Waals surface area contributed by atoms with Gasteiger partial charge >= 0.3 is 0 Å². The molecule has 0 aliphatic carbocycles. The van der Waals surface area contributed by atoms with Crippen LogP contribution in [0.5, 0.6) is 0 Å². The first-order valence-electron chi connectivity index (χ1n) is 5.05. The molecule has 0 N–H and O–H groups in total. The molecule has 0 aliphatic heterocycles. The van der Waals surface area contributed by atoms with Crippen molar-refractivity contribution in [3.63, 3.8) is 0 Å². The molecule has 0 unspecified atom stereocenters.